The second-order valence-electron chi connectivity index (χ2n) is 7.67. The SMILES string of the molecule is CC(CCCS(=O)(=O)N1CCSCC1)N(c1cc(Cl)ccc1Cl)S(=O)(=O)c1ccc(Cl)cc1. The Morgan fingerprint density at radius 2 is 1.58 bits per heavy atom. The van der Waals surface area contributed by atoms with Gasteiger partial charge in [-0.1, -0.05) is 34.8 Å². The lowest BCUT2D eigenvalue weighted by atomic mass is 10.2. The van der Waals surface area contributed by atoms with Crippen molar-refractivity contribution in [1.29, 1.82) is 0 Å². The molecule has 1 aliphatic heterocycles. The van der Waals surface area contributed by atoms with Crippen molar-refractivity contribution in [2.45, 2.75) is 30.7 Å². The molecule has 182 valence electrons. The van der Waals surface area contributed by atoms with Gasteiger partial charge in [0, 0.05) is 40.7 Å². The van der Waals surface area contributed by atoms with Gasteiger partial charge in [-0.15, -0.1) is 0 Å². The summed E-state index contributed by atoms with van der Waals surface area (Å²) in [7, 11) is -7.41. The average Bonchev–Trinajstić information content (AvgIpc) is 2.77. The Hall–Kier alpha value is -0.680. The molecule has 0 spiro atoms. The molecule has 1 saturated heterocycles. The highest BCUT2D eigenvalue weighted by Crippen LogP contribution is 2.35. The summed E-state index contributed by atoms with van der Waals surface area (Å²) in [6.07, 6.45) is 0.620. The highest BCUT2D eigenvalue weighted by Gasteiger charge is 2.32. The molecule has 1 fully saturated rings. The number of benzene rings is 2. The van der Waals surface area contributed by atoms with Crippen LogP contribution < -0.4 is 4.31 Å². The molecule has 0 radical (unpaired) electrons. The van der Waals surface area contributed by atoms with Crippen LogP contribution in [0.5, 0.6) is 0 Å². The molecule has 2 aromatic carbocycles. The van der Waals surface area contributed by atoms with E-state index >= 15 is 0 Å². The number of sulfonamides is 2. The molecule has 0 aliphatic carbocycles. The summed E-state index contributed by atoms with van der Waals surface area (Å²) >= 11 is 20.2. The Balaban J connectivity index is 1.86. The van der Waals surface area contributed by atoms with Crippen LogP contribution in [0.2, 0.25) is 15.1 Å². The lowest BCUT2D eigenvalue weighted by molar-refractivity contribution is 0.441. The predicted octanol–water partition coefficient (Wildman–Crippen LogP) is 5.39. The zero-order chi connectivity index (χ0) is 24.2. The maximum atomic E-state index is 13.6. The van der Waals surface area contributed by atoms with Crippen LogP contribution in [-0.4, -0.2) is 57.5 Å². The van der Waals surface area contributed by atoms with Gasteiger partial charge in [0.25, 0.3) is 10.0 Å². The van der Waals surface area contributed by atoms with Gasteiger partial charge in [-0.2, -0.15) is 11.8 Å². The van der Waals surface area contributed by atoms with Gasteiger partial charge in [0.1, 0.15) is 0 Å². The van der Waals surface area contributed by atoms with E-state index < -0.39 is 26.1 Å². The maximum Gasteiger partial charge on any atom is 0.264 e. The Kier molecular flexibility index (Phi) is 9.27. The van der Waals surface area contributed by atoms with Crippen LogP contribution >= 0.6 is 46.6 Å². The normalized spacial score (nSPS) is 16.5. The highest BCUT2D eigenvalue weighted by molar-refractivity contribution is 7.99. The van der Waals surface area contributed by atoms with Crippen LogP contribution in [0.1, 0.15) is 19.8 Å². The Morgan fingerprint density at radius 1 is 0.970 bits per heavy atom. The van der Waals surface area contributed by atoms with Crippen LogP contribution in [0.4, 0.5) is 5.69 Å². The zero-order valence-corrected chi connectivity index (χ0v) is 22.7. The molecule has 1 unspecified atom stereocenters. The zero-order valence-electron chi connectivity index (χ0n) is 18.0. The molecule has 6 nitrogen and oxygen atoms in total. The van der Waals surface area contributed by atoms with E-state index in [1.807, 2.05) is 0 Å². The first kappa shape index (κ1) is 26.9. The molecule has 33 heavy (non-hydrogen) atoms. The molecule has 0 aromatic heterocycles. The predicted molar refractivity (Wildman–Crippen MR) is 139 cm³/mol. The largest absolute Gasteiger partial charge is 0.264 e. The van der Waals surface area contributed by atoms with Gasteiger partial charge in [0.05, 0.1) is 21.4 Å². The van der Waals surface area contributed by atoms with E-state index in [1.165, 1.54) is 45.0 Å². The minimum atomic E-state index is -4.03. The van der Waals surface area contributed by atoms with Crippen LogP contribution in [-0.2, 0) is 20.0 Å². The van der Waals surface area contributed by atoms with Crippen molar-refractivity contribution in [2.24, 2.45) is 0 Å². The van der Waals surface area contributed by atoms with Crippen LogP contribution in [0.25, 0.3) is 0 Å². The van der Waals surface area contributed by atoms with Gasteiger partial charge in [0.2, 0.25) is 10.0 Å². The lowest BCUT2D eigenvalue weighted by Crippen LogP contribution is -2.41. The number of nitrogens with zero attached hydrogens (tertiary/aromatic N) is 2. The first-order valence-electron chi connectivity index (χ1n) is 10.3. The number of halogens is 3. The number of hydrogen-bond acceptors (Lipinski definition) is 5. The second kappa shape index (κ2) is 11.4. The summed E-state index contributed by atoms with van der Waals surface area (Å²) in [5.41, 5.74) is 0.238. The number of hydrogen-bond donors (Lipinski definition) is 0. The molecule has 1 heterocycles. The summed E-state index contributed by atoms with van der Waals surface area (Å²) in [5.74, 6) is 1.53. The molecular weight excluding hydrogens is 547 g/mol. The minimum Gasteiger partial charge on any atom is -0.262 e. The molecule has 0 amide bonds. The van der Waals surface area contributed by atoms with Gasteiger partial charge in [-0.05, 0) is 62.2 Å². The van der Waals surface area contributed by atoms with Crippen molar-refractivity contribution < 1.29 is 16.8 Å². The first-order chi connectivity index (χ1) is 15.5. The molecular formula is C21H25Cl3N2O4S3. The fourth-order valence-corrected chi connectivity index (χ4v) is 8.52. The van der Waals surface area contributed by atoms with E-state index in [1.54, 1.807) is 24.8 Å². The first-order valence-corrected chi connectivity index (χ1v) is 15.7. The van der Waals surface area contributed by atoms with Crippen LogP contribution in [0, 0.1) is 0 Å². The van der Waals surface area contributed by atoms with Crippen LogP contribution in [0.3, 0.4) is 0 Å². The van der Waals surface area contributed by atoms with Crippen molar-refractivity contribution in [3.63, 3.8) is 0 Å². The van der Waals surface area contributed by atoms with Crippen molar-refractivity contribution in [1.82, 2.24) is 4.31 Å². The summed E-state index contributed by atoms with van der Waals surface area (Å²) in [6, 6.07) is 9.89. The quantitative estimate of drug-likeness (QED) is 0.403. The monoisotopic (exact) mass is 570 g/mol. The molecule has 0 bridgehead atoms. The van der Waals surface area contributed by atoms with Crippen molar-refractivity contribution >= 4 is 72.3 Å². The van der Waals surface area contributed by atoms with E-state index in [-0.39, 0.29) is 21.4 Å². The number of thioether (sulfide) groups is 1. The molecule has 1 atom stereocenters. The molecule has 0 saturated carbocycles. The van der Waals surface area contributed by atoms with E-state index in [0.717, 1.165) is 11.5 Å². The topological polar surface area (TPSA) is 74.8 Å². The van der Waals surface area contributed by atoms with Gasteiger partial charge < -0.3 is 0 Å². The summed E-state index contributed by atoms with van der Waals surface area (Å²) in [6.45, 7) is 2.75. The van der Waals surface area contributed by atoms with Crippen LogP contribution in [0.15, 0.2) is 47.4 Å². The smallest absolute Gasteiger partial charge is 0.262 e. The fraction of sp³-hybridized carbons (Fsp3) is 0.429. The number of anilines is 1. The molecule has 12 heteroatoms. The van der Waals surface area contributed by atoms with Gasteiger partial charge in [-0.3, -0.25) is 4.31 Å². The van der Waals surface area contributed by atoms with Crippen molar-refractivity contribution in [3.8, 4) is 0 Å². The molecule has 0 N–H and O–H groups in total. The van der Waals surface area contributed by atoms with Gasteiger partial charge in [0.15, 0.2) is 0 Å². The minimum absolute atomic E-state index is 0.0416. The van der Waals surface area contributed by atoms with E-state index in [0.29, 0.717) is 36.0 Å². The molecule has 1 aliphatic rings. The third kappa shape index (κ3) is 6.72. The molecule has 2 aromatic rings. The maximum absolute atomic E-state index is 13.6. The Morgan fingerprint density at radius 3 is 2.21 bits per heavy atom. The van der Waals surface area contributed by atoms with Gasteiger partial charge in [-0.25, -0.2) is 21.1 Å². The third-order valence-corrected chi connectivity index (χ3v) is 11.0. The summed E-state index contributed by atoms with van der Waals surface area (Å²) in [5, 5.41) is 0.973. The fourth-order valence-electron chi connectivity index (χ4n) is 3.61. The van der Waals surface area contributed by atoms with Crippen molar-refractivity contribution in [3.05, 3.63) is 57.5 Å². The highest BCUT2D eigenvalue weighted by atomic mass is 35.5. The summed E-state index contributed by atoms with van der Waals surface area (Å²) < 4.78 is 55.3. The molecule has 3 rings (SSSR count). The summed E-state index contributed by atoms with van der Waals surface area (Å²) in [4.78, 5) is 0.0493. The van der Waals surface area contributed by atoms with E-state index in [9.17, 15) is 16.8 Å². The Labute approximate surface area is 215 Å². The second-order valence-corrected chi connectivity index (χ2v) is 14.1. The van der Waals surface area contributed by atoms with Gasteiger partial charge >= 0.3 is 0 Å². The lowest BCUT2D eigenvalue weighted by Gasteiger charge is -2.32. The van der Waals surface area contributed by atoms with Crippen molar-refractivity contribution in [2.75, 3.05) is 34.7 Å². The standard InChI is InChI=1S/C21H25Cl3N2O4S3/c1-16(3-2-14-32(27,28)25-10-12-31-13-11-25)26(21-15-18(23)6-9-20(21)24)33(29,30)19-7-4-17(22)5-8-19/h4-9,15-16H,2-3,10-14H2,1H3. The average molecular weight is 572 g/mol. The third-order valence-electron chi connectivity index (χ3n) is 5.30. The van der Waals surface area contributed by atoms with E-state index in [2.05, 4.69) is 0 Å². The Bertz CT molecular complexity index is 1170. The van der Waals surface area contributed by atoms with E-state index in [4.69, 9.17) is 34.8 Å². The number of rotatable bonds is 9.